The van der Waals surface area contributed by atoms with E-state index in [9.17, 15) is 9.18 Å². The van der Waals surface area contributed by atoms with Crippen molar-refractivity contribution in [1.29, 1.82) is 0 Å². The van der Waals surface area contributed by atoms with Gasteiger partial charge < -0.3 is 19.9 Å². The number of carbonyl (C=O) groups is 1. The Labute approximate surface area is 172 Å². The summed E-state index contributed by atoms with van der Waals surface area (Å²) in [6.07, 6.45) is 3.10. The molecule has 0 saturated carbocycles. The molecule has 5 nitrogen and oxygen atoms in total. The van der Waals surface area contributed by atoms with Crippen molar-refractivity contribution in [3.05, 3.63) is 53.8 Å². The molecule has 2 aromatic rings. The first kappa shape index (κ1) is 21.1. The Morgan fingerprint density at radius 1 is 1.28 bits per heavy atom. The molecule has 1 aliphatic heterocycles. The first-order chi connectivity index (χ1) is 14.0. The predicted molar refractivity (Wildman–Crippen MR) is 116 cm³/mol. The second-order valence-corrected chi connectivity index (χ2v) is 7.45. The second kappa shape index (κ2) is 9.74. The quantitative estimate of drug-likeness (QED) is 0.680. The summed E-state index contributed by atoms with van der Waals surface area (Å²) in [5.74, 6) is 0.0811. The van der Waals surface area contributed by atoms with Crippen LogP contribution in [0.5, 0.6) is 5.75 Å². The first-order valence-corrected chi connectivity index (χ1v) is 10.3. The fourth-order valence-electron chi connectivity index (χ4n) is 3.53. The van der Waals surface area contributed by atoms with Crippen LogP contribution in [0.4, 0.5) is 15.8 Å². The summed E-state index contributed by atoms with van der Waals surface area (Å²) in [6, 6.07) is 12.5. The fraction of sp³-hybridized carbons (Fsp3) is 0.435. The number of halogens is 1. The van der Waals surface area contributed by atoms with Crippen LogP contribution in [-0.4, -0.2) is 45.7 Å². The van der Waals surface area contributed by atoms with Gasteiger partial charge in [0.15, 0.2) is 0 Å². The number of nitrogens with zero attached hydrogens (tertiary/aromatic N) is 2. The molecule has 0 spiro atoms. The SMILES string of the molecule is CCCCOc1ccc(C(=O)N(C)c2ccc(N3CCC(NC)C3)cc2F)cc1. The van der Waals surface area contributed by atoms with E-state index in [2.05, 4.69) is 17.1 Å². The normalized spacial score (nSPS) is 16.1. The Balaban J connectivity index is 1.67. The number of nitrogens with one attached hydrogen (secondary N) is 1. The monoisotopic (exact) mass is 399 g/mol. The summed E-state index contributed by atoms with van der Waals surface area (Å²) in [5.41, 5.74) is 1.61. The lowest BCUT2D eigenvalue weighted by molar-refractivity contribution is 0.0992. The van der Waals surface area contributed by atoms with Crippen molar-refractivity contribution in [3.8, 4) is 5.75 Å². The van der Waals surface area contributed by atoms with Crippen LogP contribution in [0.1, 0.15) is 36.5 Å². The van der Waals surface area contributed by atoms with Crippen molar-refractivity contribution in [2.45, 2.75) is 32.2 Å². The van der Waals surface area contributed by atoms with E-state index in [-0.39, 0.29) is 11.6 Å². The van der Waals surface area contributed by atoms with Gasteiger partial charge in [0.25, 0.3) is 5.91 Å². The van der Waals surface area contributed by atoms with Crippen LogP contribution in [-0.2, 0) is 0 Å². The third-order valence-corrected chi connectivity index (χ3v) is 5.43. The fourth-order valence-corrected chi connectivity index (χ4v) is 3.53. The number of rotatable bonds is 8. The second-order valence-electron chi connectivity index (χ2n) is 7.45. The summed E-state index contributed by atoms with van der Waals surface area (Å²) in [7, 11) is 3.54. The van der Waals surface area contributed by atoms with Crippen LogP contribution in [0.2, 0.25) is 0 Å². The Kier molecular flexibility index (Phi) is 7.09. The lowest BCUT2D eigenvalue weighted by Gasteiger charge is -2.22. The molecule has 1 aliphatic rings. The Bertz CT molecular complexity index is 825. The highest BCUT2D eigenvalue weighted by molar-refractivity contribution is 6.05. The van der Waals surface area contributed by atoms with Crippen LogP contribution < -0.4 is 19.9 Å². The average Bonchev–Trinajstić information content (AvgIpc) is 3.23. The van der Waals surface area contributed by atoms with Crippen molar-refractivity contribution in [2.75, 3.05) is 43.6 Å². The molecule has 1 fully saturated rings. The van der Waals surface area contributed by atoms with Crippen LogP contribution in [0.3, 0.4) is 0 Å². The number of hydrogen-bond acceptors (Lipinski definition) is 4. The molecule has 29 heavy (non-hydrogen) atoms. The third-order valence-electron chi connectivity index (χ3n) is 5.43. The molecule has 0 bridgehead atoms. The van der Waals surface area contributed by atoms with Crippen molar-refractivity contribution >= 4 is 17.3 Å². The van der Waals surface area contributed by atoms with Gasteiger partial charge in [0.2, 0.25) is 0 Å². The predicted octanol–water partition coefficient (Wildman–Crippen LogP) is 4.08. The van der Waals surface area contributed by atoms with Gasteiger partial charge in [0, 0.05) is 37.4 Å². The molecule has 3 rings (SSSR count). The van der Waals surface area contributed by atoms with E-state index in [0.717, 1.165) is 43.8 Å². The van der Waals surface area contributed by atoms with Gasteiger partial charge >= 0.3 is 0 Å². The van der Waals surface area contributed by atoms with Crippen molar-refractivity contribution in [1.82, 2.24) is 5.32 Å². The zero-order valence-electron chi connectivity index (χ0n) is 17.5. The minimum absolute atomic E-state index is 0.256. The number of hydrogen-bond donors (Lipinski definition) is 1. The molecule has 1 amide bonds. The third kappa shape index (κ3) is 5.07. The minimum atomic E-state index is -0.397. The van der Waals surface area contributed by atoms with E-state index >= 15 is 0 Å². The van der Waals surface area contributed by atoms with Crippen molar-refractivity contribution < 1.29 is 13.9 Å². The molecular formula is C23H30FN3O2. The highest BCUT2D eigenvalue weighted by Crippen LogP contribution is 2.28. The number of unbranched alkanes of at least 4 members (excludes halogenated alkanes) is 1. The van der Waals surface area contributed by atoms with Gasteiger partial charge in [-0.3, -0.25) is 4.79 Å². The van der Waals surface area contributed by atoms with E-state index in [4.69, 9.17) is 4.74 Å². The van der Waals surface area contributed by atoms with E-state index in [0.29, 0.717) is 18.2 Å². The maximum Gasteiger partial charge on any atom is 0.258 e. The maximum absolute atomic E-state index is 14.8. The molecule has 1 saturated heterocycles. The van der Waals surface area contributed by atoms with Crippen LogP contribution in [0, 0.1) is 5.82 Å². The van der Waals surface area contributed by atoms with E-state index in [1.54, 1.807) is 37.4 Å². The highest BCUT2D eigenvalue weighted by Gasteiger charge is 2.23. The first-order valence-electron chi connectivity index (χ1n) is 10.3. The van der Waals surface area contributed by atoms with Gasteiger partial charge in [0.1, 0.15) is 11.6 Å². The molecule has 2 aromatic carbocycles. The van der Waals surface area contributed by atoms with E-state index in [1.807, 2.05) is 13.1 Å². The maximum atomic E-state index is 14.8. The minimum Gasteiger partial charge on any atom is -0.494 e. The smallest absolute Gasteiger partial charge is 0.258 e. The lowest BCUT2D eigenvalue weighted by Crippen LogP contribution is -2.30. The zero-order valence-corrected chi connectivity index (χ0v) is 17.5. The average molecular weight is 400 g/mol. The summed E-state index contributed by atoms with van der Waals surface area (Å²) < 4.78 is 20.4. The number of amides is 1. The van der Waals surface area contributed by atoms with Gasteiger partial charge in [0.05, 0.1) is 12.3 Å². The highest BCUT2D eigenvalue weighted by atomic mass is 19.1. The zero-order chi connectivity index (χ0) is 20.8. The molecule has 1 unspecified atom stereocenters. The van der Waals surface area contributed by atoms with Crippen molar-refractivity contribution in [2.24, 2.45) is 0 Å². The number of likely N-dealkylation sites (N-methyl/N-ethyl adjacent to an activating group) is 1. The number of benzene rings is 2. The van der Waals surface area contributed by atoms with Gasteiger partial charge in [-0.2, -0.15) is 0 Å². The topological polar surface area (TPSA) is 44.8 Å². The molecule has 6 heteroatoms. The Hall–Kier alpha value is -2.60. The standard InChI is InChI=1S/C23H30FN3O2/c1-4-5-14-29-20-9-6-17(7-10-20)23(28)26(3)22-11-8-19(15-21(22)24)27-13-12-18(16-27)25-2/h6-11,15,18,25H,4-5,12-14,16H2,1-3H3. The molecule has 1 atom stereocenters. The van der Waals surface area contributed by atoms with E-state index in [1.165, 1.54) is 11.0 Å². The van der Waals surface area contributed by atoms with E-state index < -0.39 is 5.82 Å². The summed E-state index contributed by atoms with van der Waals surface area (Å²) in [4.78, 5) is 16.3. The van der Waals surface area contributed by atoms with Crippen LogP contribution in [0.25, 0.3) is 0 Å². The molecule has 0 aromatic heterocycles. The molecule has 1 N–H and O–H groups in total. The van der Waals surface area contributed by atoms with Crippen molar-refractivity contribution in [3.63, 3.8) is 0 Å². The number of carbonyl (C=O) groups excluding carboxylic acids is 1. The molecular weight excluding hydrogens is 369 g/mol. The van der Waals surface area contributed by atoms with Gasteiger partial charge in [-0.1, -0.05) is 13.3 Å². The number of ether oxygens (including phenoxy) is 1. The summed E-state index contributed by atoms with van der Waals surface area (Å²) in [5, 5.41) is 3.26. The van der Waals surface area contributed by atoms with Crippen LogP contribution in [0.15, 0.2) is 42.5 Å². The lowest BCUT2D eigenvalue weighted by atomic mass is 10.1. The van der Waals surface area contributed by atoms with Gasteiger partial charge in [-0.05, 0) is 62.4 Å². The summed E-state index contributed by atoms with van der Waals surface area (Å²) in [6.45, 7) is 4.52. The van der Waals surface area contributed by atoms with Gasteiger partial charge in [-0.15, -0.1) is 0 Å². The molecule has 1 heterocycles. The largest absolute Gasteiger partial charge is 0.494 e. The molecule has 156 valence electrons. The van der Waals surface area contributed by atoms with Gasteiger partial charge in [-0.25, -0.2) is 4.39 Å². The Morgan fingerprint density at radius 2 is 2.03 bits per heavy atom. The molecule has 0 radical (unpaired) electrons. The number of anilines is 2. The molecule has 0 aliphatic carbocycles. The van der Waals surface area contributed by atoms with Crippen LogP contribution >= 0.6 is 0 Å². The Morgan fingerprint density at radius 3 is 2.66 bits per heavy atom. The summed E-state index contributed by atoms with van der Waals surface area (Å²) >= 11 is 0.